The van der Waals surface area contributed by atoms with Gasteiger partial charge in [-0.2, -0.15) is 0 Å². The topological polar surface area (TPSA) is 75.2 Å². The average Bonchev–Trinajstić information content (AvgIpc) is 3.59. The number of rotatable bonds is 13. The van der Waals surface area contributed by atoms with E-state index in [1.54, 1.807) is 0 Å². The van der Waals surface area contributed by atoms with Crippen molar-refractivity contribution in [2.45, 2.75) is 176 Å². The molecular formula is C30H48O6. The molecular weight excluding hydrogens is 456 g/mol. The van der Waals surface area contributed by atoms with Gasteiger partial charge in [0.2, 0.25) is 0 Å². The van der Waals surface area contributed by atoms with Gasteiger partial charge in [-0.1, -0.05) is 0 Å². The molecule has 6 nitrogen and oxygen atoms in total. The fourth-order valence-electron chi connectivity index (χ4n) is 7.89. The van der Waals surface area contributed by atoms with Crippen molar-refractivity contribution in [1.29, 1.82) is 0 Å². The van der Waals surface area contributed by atoms with E-state index in [-0.39, 0.29) is 33.6 Å². The van der Waals surface area contributed by atoms with E-state index in [4.69, 9.17) is 28.4 Å². The summed E-state index contributed by atoms with van der Waals surface area (Å²) in [4.78, 5) is 0. The maximum Gasteiger partial charge on any atom is 0.0953 e. The number of fused-ring (bicyclic) bond motifs is 1. The Morgan fingerprint density at radius 3 is 1.50 bits per heavy atom. The van der Waals surface area contributed by atoms with Crippen LogP contribution in [0.3, 0.4) is 0 Å². The smallest absolute Gasteiger partial charge is 0.0953 e. The zero-order valence-electron chi connectivity index (χ0n) is 23.4. The van der Waals surface area contributed by atoms with E-state index in [0.717, 1.165) is 58.0 Å². The molecule has 204 valence electrons. The van der Waals surface area contributed by atoms with Gasteiger partial charge in [-0.15, -0.1) is 0 Å². The molecule has 7 rings (SSSR count). The van der Waals surface area contributed by atoms with Crippen LogP contribution in [0.1, 0.15) is 112 Å². The van der Waals surface area contributed by atoms with E-state index in [2.05, 4.69) is 41.5 Å². The normalized spacial score (nSPS) is 54.5. The molecule has 0 bridgehead atoms. The minimum absolute atomic E-state index is 0.0505. The zero-order chi connectivity index (χ0) is 25.2. The third-order valence-corrected chi connectivity index (χ3v) is 11.4. The maximum absolute atomic E-state index is 6.38. The number of hydrogen-bond donors (Lipinski definition) is 0. The Morgan fingerprint density at radius 2 is 1.03 bits per heavy atom. The molecule has 0 aromatic carbocycles. The van der Waals surface area contributed by atoms with E-state index in [0.29, 0.717) is 36.4 Å². The van der Waals surface area contributed by atoms with Gasteiger partial charge in [0.25, 0.3) is 0 Å². The second-order valence-corrected chi connectivity index (χ2v) is 14.9. The van der Waals surface area contributed by atoms with Crippen LogP contribution in [0.2, 0.25) is 0 Å². The summed E-state index contributed by atoms with van der Waals surface area (Å²) in [5.74, 6) is 0.627. The number of ether oxygens (including phenoxy) is 6. The molecule has 6 heteroatoms. The molecule has 7 fully saturated rings. The van der Waals surface area contributed by atoms with Crippen LogP contribution >= 0.6 is 0 Å². The fourth-order valence-corrected chi connectivity index (χ4v) is 7.89. The average molecular weight is 505 g/mol. The monoisotopic (exact) mass is 504 g/mol. The van der Waals surface area contributed by atoms with Gasteiger partial charge >= 0.3 is 0 Å². The SMILES string of the molecule is CC1(C)OC1CCC1(C)OC1CCC1(C2CCC3OC3(CCC3OC3(C)CCC3OC3(C)C)C2)CO1. The predicted molar refractivity (Wildman–Crippen MR) is 135 cm³/mol. The largest absolute Gasteiger partial charge is 0.369 e. The number of hydrogen-bond acceptors (Lipinski definition) is 6. The van der Waals surface area contributed by atoms with Crippen LogP contribution in [0.4, 0.5) is 0 Å². The summed E-state index contributed by atoms with van der Waals surface area (Å²) in [6.45, 7) is 14.3. The summed E-state index contributed by atoms with van der Waals surface area (Å²) in [5, 5.41) is 0. The van der Waals surface area contributed by atoms with Crippen LogP contribution in [0.5, 0.6) is 0 Å². The van der Waals surface area contributed by atoms with Crippen molar-refractivity contribution >= 4 is 0 Å². The highest BCUT2D eigenvalue weighted by molar-refractivity contribution is 5.14. The Balaban J connectivity index is 0.856. The second kappa shape index (κ2) is 7.69. The summed E-state index contributed by atoms with van der Waals surface area (Å²) in [5.41, 5.74) is 0.447. The molecule has 1 aliphatic carbocycles. The van der Waals surface area contributed by atoms with Crippen LogP contribution in [0.25, 0.3) is 0 Å². The van der Waals surface area contributed by atoms with Gasteiger partial charge in [0.15, 0.2) is 0 Å². The lowest BCUT2D eigenvalue weighted by molar-refractivity contribution is 0.135. The second-order valence-electron chi connectivity index (χ2n) is 14.9. The van der Waals surface area contributed by atoms with E-state index in [1.807, 2.05) is 0 Å². The van der Waals surface area contributed by atoms with E-state index >= 15 is 0 Å². The van der Waals surface area contributed by atoms with Gasteiger partial charge in [-0.3, -0.25) is 0 Å². The summed E-state index contributed by atoms with van der Waals surface area (Å²) in [6, 6.07) is 0. The molecule has 6 aliphatic heterocycles. The van der Waals surface area contributed by atoms with Crippen molar-refractivity contribution < 1.29 is 28.4 Å². The zero-order valence-corrected chi connectivity index (χ0v) is 23.4. The molecule has 0 aromatic rings. The summed E-state index contributed by atoms with van der Waals surface area (Å²) in [6.07, 6.45) is 14.7. The molecule has 36 heavy (non-hydrogen) atoms. The van der Waals surface area contributed by atoms with Crippen LogP contribution in [-0.4, -0.2) is 70.7 Å². The van der Waals surface area contributed by atoms with Crippen molar-refractivity contribution in [2.75, 3.05) is 6.61 Å². The first kappa shape index (κ1) is 24.8. The lowest BCUT2D eigenvalue weighted by Gasteiger charge is -2.30. The van der Waals surface area contributed by atoms with Crippen LogP contribution in [-0.2, 0) is 28.4 Å². The fraction of sp³-hybridized carbons (Fsp3) is 1.00. The highest BCUT2D eigenvalue weighted by Gasteiger charge is 2.66. The van der Waals surface area contributed by atoms with Crippen molar-refractivity contribution in [1.82, 2.24) is 0 Å². The molecule has 10 unspecified atom stereocenters. The Labute approximate surface area is 217 Å². The quantitative estimate of drug-likeness (QED) is 0.309. The van der Waals surface area contributed by atoms with Gasteiger partial charge in [-0.05, 0) is 118 Å². The molecule has 1 saturated carbocycles. The first-order valence-corrected chi connectivity index (χ1v) is 14.9. The molecule has 0 N–H and O–H groups in total. The van der Waals surface area contributed by atoms with Gasteiger partial charge in [0.05, 0.1) is 70.7 Å². The number of epoxide rings is 6. The molecule has 10 atom stereocenters. The minimum Gasteiger partial charge on any atom is -0.369 e. The maximum atomic E-state index is 6.38. The van der Waals surface area contributed by atoms with Crippen molar-refractivity contribution in [3.8, 4) is 0 Å². The van der Waals surface area contributed by atoms with Crippen molar-refractivity contribution in [3.63, 3.8) is 0 Å². The Hall–Kier alpha value is -0.240. The highest BCUT2D eigenvalue weighted by atomic mass is 16.6. The first-order chi connectivity index (χ1) is 16.9. The standard InChI is InChI=1S/C30H48O6/c1-25(2)20(32-25)9-13-27(5)22(34-27)11-15-29-17-19(7-8-24(29)36-29)30(18-31-30)16-12-23-28(6,35-23)14-10-21-26(3,4)33-21/h19-24H,7-18H2,1-6H3. The molecule has 6 heterocycles. The summed E-state index contributed by atoms with van der Waals surface area (Å²) < 4.78 is 36.5. The van der Waals surface area contributed by atoms with Gasteiger partial charge < -0.3 is 28.4 Å². The Morgan fingerprint density at radius 1 is 0.556 bits per heavy atom. The van der Waals surface area contributed by atoms with E-state index < -0.39 is 0 Å². The minimum atomic E-state index is 0.0505. The Kier molecular flexibility index (Phi) is 5.29. The Bertz CT molecular complexity index is 850. The van der Waals surface area contributed by atoms with Crippen molar-refractivity contribution in [3.05, 3.63) is 0 Å². The summed E-state index contributed by atoms with van der Waals surface area (Å²) in [7, 11) is 0. The van der Waals surface area contributed by atoms with Gasteiger partial charge in [-0.25, -0.2) is 0 Å². The van der Waals surface area contributed by atoms with Crippen molar-refractivity contribution in [2.24, 2.45) is 5.92 Å². The van der Waals surface area contributed by atoms with Crippen LogP contribution in [0, 0.1) is 5.92 Å². The third kappa shape index (κ3) is 4.50. The lowest BCUT2D eigenvalue weighted by atomic mass is 9.72. The predicted octanol–water partition coefficient (Wildman–Crippen LogP) is 5.48. The third-order valence-electron chi connectivity index (χ3n) is 11.4. The van der Waals surface area contributed by atoms with E-state index in [9.17, 15) is 0 Å². The van der Waals surface area contributed by atoms with Crippen LogP contribution in [0.15, 0.2) is 0 Å². The van der Waals surface area contributed by atoms with Gasteiger partial charge in [0.1, 0.15) is 0 Å². The van der Waals surface area contributed by atoms with Gasteiger partial charge in [0, 0.05) is 0 Å². The first-order valence-electron chi connectivity index (χ1n) is 14.9. The lowest BCUT2D eigenvalue weighted by Crippen LogP contribution is -2.35. The van der Waals surface area contributed by atoms with E-state index in [1.165, 1.54) is 19.3 Å². The van der Waals surface area contributed by atoms with Crippen LogP contribution < -0.4 is 0 Å². The summed E-state index contributed by atoms with van der Waals surface area (Å²) >= 11 is 0. The highest BCUT2D eigenvalue weighted by Crippen LogP contribution is 2.60. The molecule has 0 spiro atoms. The molecule has 6 saturated heterocycles. The molecule has 0 aromatic heterocycles. The molecule has 0 radical (unpaired) electrons. The molecule has 0 amide bonds. The molecule has 7 aliphatic rings.